The van der Waals surface area contributed by atoms with Crippen LogP contribution >= 0.6 is 11.8 Å². The van der Waals surface area contributed by atoms with Crippen LogP contribution in [0.25, 0.3) is 0 Å². The normalized spacial score (nSPS) is 17.2. The number of H-pyrrole nitrogens is 1. The average molecular weight is 542 g/mol. The lowest BCUT2D eigenvalue weighted by Gasteiger charge is -2.23. The van der Waals surface area contributed by atoms with Gasteiger partial charge in [0.25, 0.3) is 0 Å². The lowest BCUT2D eigenvalue weighted by Crippen LogP contribution is -2.27. The number of amidine groups is 1. The topological polar surface area (TPSA) is 104 Å². The van der Waals surface area contributed by atoms with Gasteiger partial charge in [0.1, 0.15) is 17.3 Å². The molecule has 2 aliphatic rings. The lowest BCUT2D eigenvalue weighted by atomic mass is 9.93. The van der Waals surface area contributed by atoms with Gasteiger partial charge in [-0.3, -0.25) is 10.1 Å². The minimum Gasteiger partial charge on any atom is -0.404 e. The Morgan fingerprint density at radius 2 is 2.03 bits per heavy atom. The van der Waals surface area contributed by atoms with Gasteiger partial charge in [0.2, 0.25) is 0 Å². The van der Waals surface area contributed by atoms with Gasteiger partial charge in [-0.15, -0.1) is 11.8 Å². The van der Waals surface area contributed by atoms with Crippen LogP contribution in [0.15, 0.2) is 68.4 Å². The van der Waals surface area contributed by atoms with Crippen molar-refractivity contribution in [3.63, 3.8) is 0 Å². The van der Waals surface area contributed by atoms with Gasteiger partial charge in [-0.2, -0.15) is 5.10 Å². The van der Waals surface area contributed by atoms with E-state index < -0.39 is 11.6 Å². The fraction of sp³-hybridized carbons (Fsp3) is 0.370. The van der Waals surface area contributed by atoms with E-state index in [-0.39, 0.29) is 11.6 Å². The number of aryl methyl sites for hydroxylation is 1. The molecule has 38 heavy (non-hydrogen) atoms. The predicted molar refractivity (Wildman–Crippen MR) is 151 cm³/mol. The van der Waals surface area contributed by atoms with Crippen LogP contribution in [0.1, 0.15) is 25.5 Å². The summed E-state index contributed by atoms with van der Waals surface area (Å²) in [6, 6.07) is 4.48. The Kier molecular flexibility index (Phi) is 8.68. The number of allylic oxidation sites excluding steroid dienone is 2. The molecule has 0 radical (unpaired) electrons. The number of rotatable bonds is 9. The zero-order valence-corrected chi connectivity index (χ0v) is 22.9. The maximum Gasteiger partial charge on any atom is 0.153 e. The van der Waals surface area contributed by atoms with E-state index in [0.29, 0.717) is 53.3 Å². The molecule has 202 valence electrons. The molecule has 0 bridgehead atoms. The van der Waals surface area contributed by atoms with Crippen molar-refractivity contribution in [2.45, 2.75) is 31.6 Å². The Balaban J connectivity index is 1.80. The van der Waals surface area contributed by atoms with E-state index in [1.54, 1.807) is 20.2 Å². The maximum absolute atomic E-state index is 14.9. The molecule has 8 nitrogen and oxygen atoms in total. The van der Waals surface area contributed by atoms with Crippen LogP contribution in [-0.2, 0) is 4.74 Å². The number of anilines is 2. The quantitative estimate of drug-likeness (QED) is 0.175. The number of nitrogens with zero attached hydrogens (tertiary/aromatic N) is 4. The summed E-state index contributed by atoms with van der Waals surface area (Å²) in [5.74, 6) is 0.262. The number of benzene rings is 1. The summed E-state index contributed by atoms with van der Waals surface area (Å²) in [4.78, 5) is 11.3. The second-order valence-electron chi connectivity index (χ2n) is 9.20. The van der Waals surface area contributed by atoms with Crippen LogP contribution in [0.3, 0.4) is 0 Å². The molecule has 1 saturated carbocycles. The van der Waals surface area contributed by atoms with Crippen molar-refractivity contribution in [2.24, 2.45) is 21.6 Å². The van der Waals surface area contributed by atoms with Crippen molar-refractivity contribution >= 4 is 34.8 Å². The minimum atomic E-state index is -0.664. The third-order valence-corrected chi connectivity index (χ3v) is 7.13. The Bertz CT molecular complexity index is 1320. The molecule has 0 atom stereocenters. The number of hydrogen-bond acceptors (Lipinski definition) is 7. The second-order valence-corrected chi connectivity index (χ2v) is 10.1. The summed E-state index contributed by atoms with van der Waals surface area (Å²) in [6.07, 6.45) is 5.16. The molecule has 0 spiro atoms. The number of halogens is 2. The molecule has 4 N–H and O–H groups in total. The van der Waals surface area contributed by atoms with Crippen molar-refractivity contribution in [3.8, 4) is 0 Å². The number of nitrogens with one attached hydrogen (secondary N) is 2. The van der Waals surface area contributed by atoms with E-state index >= 15 is 0 Å². The number of aliphatic imine (C=N–C) groups is 2. The Labute approximate surface area is 225 Å². The molecule has 1 aliphatic carbocycles. The lowest BCUT2D eigenvalue weighted by molar-refractivity contribution is 0.171. The molecule has 0 amide bonds. The van der Waals surface area contributed by atoms with Crippen LogP contribution in [0.2, 0.25) is 0 Å². The fourth-order valence-corrected chi connectivity index (χ4v) is 4.67. The van der Waals surface area contributed by atoms with Crippen LogP contribution in [-0.4, -0.2) is 54.8 Å². The van der Waals surface area contributed by atoms with Crippen molar-refractivity contribution in [3.05, 3.63) is 70.8 Å². The maximum atomic E-state index is 14.9. The Hall–Kier alpha value is -3.44. The number of thioether (sulfide) groups is 1. The number of hydrogen-bond donors (Lipinski definition) is 3. The van der Waals surface area contributed by atoms with Gasteiger partial charge in [0.05, 0.1) is 25.5 Å². The summed E-state index contributed by atoms with van der Waals surface area (Å²) >= 11 is 1.27. The summed E-state index contributed by atoms with van der Waals surface area (Å²) < 4.78 is 35.4. The van der Waals surface area contributed by atoms with Crippen LogP contribution in [0.4, 0.5) is 20.3 Å². The summed E-state index contributed by atoms with van der Waals surface area (Å²) in [6.45, 7) is 9.42. The molecule has 1 aromatic carbocycles. The molecular formula is C27H33F2N7OS. The van der Waals surface area contributed by atoms with E-state index in [1.165, 1.54) is 35.0 Å². The highest BCUT2D eigenvalue weighted by Gasteiger charge is 2.33. The van der Waals surface area contributed by atoms with Gasteiger partial charge >= 0.3 is 0 Å². The minimum absolute atomic E-state index is 0.179. The molecule has 11 heteroatoms. The fourth-order valence-electron chi connectivity index (χ4n) is 4.23. The SMILES string of the molecule is C=C(/C(=C/N)C1=NCCOC1)/C(=C(\N=C(/C)N(C)c1c(F)cc(SC)cc1F)Nc1cc(C)[nH]n1)C1CC1. The van der Waals surface area contributed by atoms with E-state index in [1.807, 2.05) is 13.0 Å². The number of aromatic amines is 1. The van der Waals surface area contributed by atoms with E-state index in [4.69, 9.17) is 15.5 Å². The summed E-state index contributed by atoms with van der Waals surface area (Å²) in [5, 5.41) is 10.5. The van der Waals surface area contributed by atoms with Crippen molar-refractivity contribution in [1.29, 1.82) is 0 Å². The van der Waals surface area contributed by atoms with Gasteiger partial charge in [0, 0.05) is 41.0 Å². The Morgan fingerprint density at radius 1 is 1.32 bits per heavy atom. The third kappa shape index (κ3) is 6.16. The first-order chi connectivity index (χ1) is 18.2. The van der Waals surface area contributed by atoms with Gasteiger partial charge in [-0.1, -0.05) is 6.58 Å². The molecular weight excluding hydrogens is 508 g/mol. The molecule has 4 rings (SSSR count). The first-order valence-corrected chi connectivity index (χ1v) is 13.5. The molecule has 1 aliphatic heterocycles. The first-order valence-electron chi connectivity index (χ1n) is 12.3. The number of ether oxygens (including phenoxy) is 1. The van der Waals surface area contributed by atoms with Crippen LogP contribution in [0.5, 0.6) is 0 Å². The van der Waals surface area contributed by atoms with Crippen LogP contribution < -0.4 is 16.0 Å². The monoisotopic (exact) mass is 541 g/mol. The molecule has 1 aromatic heterocycles. The number of nitrogens with two attached hydrogens (primary N) is 1. The standard InChI is InChI=1S/C27H33F2N7OS/c1-15-10-24(35-34-15)33-27(32-17(3)36(4)26-21(28)11-19(38-5)12-22(26)29)25(18-6-7-18)16(2)20(13-30)23-14-37-9-8-31-23/h10-13,18H,2,6-9,14,30H2,1,3-5H3,(H2,33,34,35)/b20-13-,27-25-,32-17+. The second kappa shape index (κ2) is 12.0. The summed E-state index contributed by atoms with van der Waals surface area (Å²) in [5.41, 5.74) is 9.68. The van der Waals surface area contributed by atoms with Gasteiger partial charge < -0.3 is 20.7 Å². The van der Waals surface area contributed by atoms with Gasteiger partial charge in [-0.05, 0) is 56.6 Å². The van der Waals surface area contributed by atoms with Crippen molar-refractivity contribution in [1.82, 2.24) is 10.2 Å². The third-order valence-electron chi connectivity index (χ3n) is 6.42. The summed E-state index contributed by atoms with van der Waals surface area (Å²) in [7, 11) is 1.58. The first kappa shape index (κ1) is 27.6. The molecule has 0 saturated heterocycles. The van der Waals surface area contributed by atoms with Crippen molar-refractivity contribution in [2.75, 3.05) is 43.3 Å². The number of aromatic nitrogens is 2. The van der Waals surface area contributed by atoms with Gasteiger partial charge in [0.15, 0.2) is 17.5 Å². The largest absolute Gasteiger partial charge is 0.404 e. The molecule has 2 heterocycles. The highest BCUT2D eigenvalue weighted by Crippen LogP contribution is 2.44. The van der Waals surface area contributed by atoms with E-state index in [2.05, 4.69) is 27.1 Å². The average Bonchev–Trinajstić information content (AvgIpc) is 3.64. The Morgan fingerprint density at radius 3 is 2.55 bits per heavy atom. The molecule has 1 fully saturated rings. The van der Waals surface area contributed by atoms with Crippen LogP contribution in [0, 0.1) is 24.5 Å². The van der Waals surface area contributed by atoms with E-state index in [0.717, 1.165) is 29.8 Å². The predicted octanol–water partition coefficient (Wildman–Crippen LogP) is 5.18. The van der Waals surface area contributed by atoms with E-state index in [9.17, 15) is 8.78 Å². The van der Waals surface area contributed by atoms with Gasteiger partial charge in [-0.25, -0.2) is 13.8 Å². The molecule has 0 unspecified atom stereocenters. The zero-order chi connectivity index (χ0) is 27.4. The highest BCUT2D eigenvalue weighted by atomic mass is 32.2. The smallest absolute Gasteiger partial charge is 0.153 e. The highest BCUT2D eigenvalue weighted by molar-refractivity contribution is 7.98. The van der Waals surface area contributed by atoms with Crippen molar-refractivity contribution < 1.29 is 13.5 Å². The zero-order valence-electron chi connectivity index (χ0n) is 22.1. The molecule has 2 aromatic rings.